The van der Waals surface area contributed by atoms with E-state index >= 15 is 0 Å². The van der Waals surface area contributed by atoms with Gasteiger partial charge in [0.25, 0.3) is 0 Å². The first-order valence-corrected chi connectivity index (χ1v) is 7.21. The molecular formula is C15H17N2+. The zero-order chi connectivity index (χ0) is 10.8. The molecule has 6 aliphatic rings. The minimum atomic E-state index is 0.461. The van der Waals surface area contributed by atoms with Crippen LogP contribution in [0.5, 0.6) is 0 Å². The number of hydrogen-bond acceptors (Lipinski definition) is 1. The second-order valence-electron chi connectivity index (χ2n) is 6.78. The lowest BCUT2D eigenvalue weighted by Crippen LogP contribution is -2.68. The minimum absolute atomic E-state index is 0.461. The number of nitrogens with zero attached hydrogens (tertiary/aromatic N) is 2. The van der Waals surface area contributed by atoms with Gasteiger partial charge in [-0.1, -0.05) is 6.08 Å². The van der Waals surface area contributed by atoms with Crippen molar-refractivity contribution in [3.05, 3.63) is 23.5 Å². The molecule has 0 radical (unpaired) electrons. The Hall–Kier alpha value is -1.05. The summed E-state index contributed by atoms with van der Waals surface area (Å²) in [5, 5.41) is 0. The van der Waals surface area contributed by atoms with Gasteiger partial charge in [-0.25, -0.2) is 0 Å². The van der Waals surface area contributed by atoms with Gasteiger partial charge in [0.1, 0.15) is 0 Å². The molecule has 5 aliphatic heterocycles. The van der Waals surface area contributed by atoms with Crippen molar-refractivity contribution in [3.8, 4) is 0 Å². The summed E-state index contributed by atoms with van der Waals surface area (Å²) in [6.07, 6.45) is 13.2. The highest BCUT2D eigenvalue weighted by molar-refractivity contribution is 5.85. The quantitative estimate of drug-likeness (QED) is 0.573. The normalized spacial score (nSPS) is 51.3. The number of allylic oxidation sites excluding steroid dienone is 2. The molecule has 0 bridgehead atoms. The van der Waals surface area contributed by atoms with Gasteiger partial charge in [-0.3, -0.25) is 0 Å². The van der Waals surface area contributed by atoms with E-state index in [2.05, 4.69) is 21.6 Å². The van der Waals surface area contributed by atoms with Crippen LogP contribution in [0.25, 0.3) is 0 Å². The molecule has 1 spiro atoms. The van der Waals surface area contributed by atoms with Gasteiger partial charge in [-0.15, -0.1) is 0 Å². The van der Waals surface area contributed by atoms with Crippen molar-refractivity contribution >= 4 is 5.71 Å². The monoisotopic (exact) mass is 225 g/mol. The summed E-state index contributed by atoms with van der Waals surface area (Å²) in [5.41, 5.74) is 5.60. The predicted octanol–water partition coefficient (Wildman–Crippen LogP) is 2.23. The fourth-order valence-corrected chi connectivity index (χ4v) is 6.02. The van der Waals surface area contributed by atoms with Gasteiger partial charge in [0.2, 0.25) is 5.66 Å². The topological polar surface area (TPSA) is 6.25 Å². The Morgan fingerprint density at radius 3 is 3.12 bits per heavy atom. The van der Waals surface area contributed by atoms with Crippen LogP contribution in [0.3, 0.4) is 0 Å². The maximum Gasteiger partial charge on any atom is 0.250 e. The van der Waals surface area contributed by atoms with Crippen LogP contribution >= 0.6 is 0 Å². The molecule has 0 aromatic heterocycles. The molecule has 0 aromatic carbocycles. The van der Waals surface area contributed by atoms with Crippen molar-refractivity contribution in [1.82, 2.24) is 4.90 Å². The van der Waals surface area contributed by atoms with Gasteiger partial charge in [0.05, 0.1) is 24.7 Å². The zero-order valence-electron chi connectivity index (χ0n) is 10.0. The molecule has 1 aliphatic carbocycles. The van der Waals surface area contributed by atoms with Crippen LogP contribution in [-0.2, 0) is 0 Å². The van der Waals surface area contributed by atoms with Gasteiger partial charge >= 0.3 is 0 Å². The summed E-state index contributed by atoms with van der Waals surface area (Å²) in [5.74, 6) is 1.90. The van der Waals surface area contributed by atoms with Crippen LogP contribution in [0.15, 0.2) is 23.5 Å². The van der Waals surface area contributed by atoms with E-state index in [1.54, 1.807) is 17.1 Å². The highest BCUT2D eigenvalue weighted by Crippen LogP contribution is 2.67. The molecule has 0 amide bonds. The fourth-order valence-electron chi connectivity index (χ4n) is 6.02. The van der Waals surface area contributed by atoms with Gasteiger partial charge in [0.15, 0.2) is 11.4 Å². The van der Waals surface area contributed by atoms with Gasteiger partial charge < -0.3 is 4.90 Å². The predicted molar refractivity (Wildman–Crippen MR) is 64.5 cm³/mol. The van der Waals surface area contributed by atoms with E-state index < -0.39 is 0 Å². The first-order valence-electron chi connectivity index (χ1n) is 7.21. The molecule has 3 fully saturated rings. The number of rotatable bonds is 0. The second kappa shape index (κ2) is 2.13. The molecule has 1 saturated carbocycles. The third-order valence-electron chi connectivity index (χ3n) is 6.37. The standard InChI is InChI=1S/C15H17N2/c1-3-13-8-14-4-2-12-7-10-5-9-6-11(1)16(13)15(9,10)17(12)14/h1,4,9-10,13H,2-3,5-8H2/q+1/t9?,10?,13?,15-/m0/s1. The van der Waals surface area contributed by atoms with E-state index in [0.29, 0.717) is 5.66 Å². The third kappa shape index (κ3) is 0.594. The Labute approximate surface area is 101 Å². The maximum absolute atomic E-state index is 2.88. The molecule has 0 N–H and O–H groups in total. The van der Waals surface area contributed by atoms with Crippen LogP contribution in [0, 0.1) is 11.8 Å². The fraction of sp³-hybridized carbons (Fsp3) is 0.667. The van der Waals surface area contributed by atoms with Crippen LogP contribution in [0.1, 0.15) is 38.5 Å². The maximum atomic E-state index is 2.88. The molecule has 86 valence electrons. The average molecular weight is 225 g/mol. The minimum Gasteiger partial charge on any atom is -0.311 e. The van der Waals surface area contributed by atoms with Crippen molar-refractivity contribution in [2.45, 2.75) is 50.2 Å². The Balaban J connectivity index is 1.70. The summed E-state index contributed by atoms with van der Waals surface area (Å²) in [4.78, 5) is 2.88. The largest absolute Gasteiger partial charge is 0.311 e. The smallest absolute Gasteiger partial charge is 0.250 e. The lowest BCUT2D eigenvalue weighted by molar-refractivity contribution is -0.631. The Morgan fingerprint density at radius 1 is 1.18 bits per heavy atom. The third-order valence-corrected chi connectivity index (χ3v) is 6.37. The molecule has 0 aromatic rings. The van der Waals surface area contributed by atoms with Gasteiger partial charge in [-0.05, 0) is 25.3 Å². The molecule has 17 heavy (non-hydrogen) atoms. The molecule has 2 nitrogen and oxygen atoms in total. The molecule has 3 unspecified atom stereocenters. The van der Waals surface area contributed by atoms with E-state index in [4.69, 9.17) is 0 Å². The van der Waals surface area contributed by atoms with E-state index in [-0.39, 0.29) is 0 Å². The van der Waals surface area contributed by atoms with Crippen molar-refractivity contribution in [3.63, 3.8) is 0 Å². The summed E-state index contributed by atoms with van der Waals surface area (Å²) in [6.45, 7) is 0. The molecule has 6 rings (SSSR count). The Kier molecular flexibility index (Phi) is 1.02. The molecular weight excluding hydrogens is 208 g/mol. The van der Waals surface area contributed by atoms with Crippen molar-refractivity contribution in [1.29, 1.82) is 0 Å². The average Bonchev–Trinajstić information content (AvgIpc) is 3.00. The van der Waals surface area contributed by atoms with Crippen molar-refractivity contribution in [2.75, 3.05) is 0 Å². The first-order chi connectivity index (χ1) is 8.39. The Morgan fingerprint density at radius 2 is 2.12 bits per heavy atom. The van der Waals surface area contributed by atoms with Crippen LogP contribution in [0.4, 0.5) is 0 Å². The van der Waals surface area contributed by atoms with E-state index in [1.807, 2.05) is 0 Å². The highest BCUT2D eigenvalue weighted by atomic mass is 15.5. The van der Waals surface area contributed by atoms with Crippen LogP contribution < -0.4 is 0 Å². The SMILES string of the molecule is C1=C2CC3CC4CC5=[N+]6C(=CC5)CC(C1)N2[C@]346. The lowest BCUT2D eigenvalue weighted by atomic mass is 9.63. The zero-order valence-corrected chi connectivity index (χ0v) is 10.0. The lowest BCUT2D eigenvalue weighted by Gasteiger charge is -2.52. The van der Waals surface area contributed by atoms with E-state index in [9.17, 15) is 0 Å². The number of hydrogen-bond donors (Lipinski definition) is 0. The summed E-state index contributed by atoms with van der Waals surface area (Å²) in [6, 6.07) is 0.817. The van der Waals surface area contributed by atoms with E-state index in [1.165, 1.54) is 38.5 Å². The molecule has 5 heterocycles. The first kappa shape index (κ1) is 8.12. The second-order valence-corrected chi connectivity index (χ2v) is 6.78. The van der Waals surface area contributed by atoms with E-state index in [0.717, 1.165) is 17.9 Å². The van der Waals surface area contributed by atoms with Gasteiger partial charge in [0, 0.05) is 18.2 Å². The van der Waals surface area contributed by atoms with Gasteiger partial charge in [-0.2, -0.15) is 4.58 Å². The van der Waals surface area contributed by atoms with Crippen molar-refractivity contribution in [2.24, 2.45) is 11.8 Å². The molecule has 2 heteroatoms. The summed E-state index contributed by atoms with van der Waals surface area (Å²) in [7, 11) is 0. The summed E-state index contributed by atoms with van der Waals surface area (Å²) < 4.78 is 2.81. The summed E-state index contributed by atoms with van der Waals surface area (Å²) >= 11 is 0. The van der Waals surface area contributed by atoms with Crippen molar-refractivity contribution < 1.29 is 4.58 Å². The molecule has 4 atom stereocenters. The highest BCUT2D eigenvalue weighted by Gasteiger charge is 2.78. The molecule has 2 saturated heterocycles. The van der Waals surface area contributed by atoms with Crippen LogP contribution in [-0.4, -0.2) is 26.9 Å². The Bertz CT molecular complexity index is 567. The van der Waals surface area contributed by atoms with Crippen LogP contribution in [0.2, 0.25) is 0 Å².